The average molecular weight is 156 g/mol. The summed E-state index contributed by atoms with van der Waals surface area (Å²) < 4.78 is 0. The molecule has 0 saturated carbocycles. The SMILES string of the molecule is N=NN1ON=CC1(N=N)N=N. The number of hydrogen-bond acceptors (Lipinski definition) is 8. The molecule has 0 aromatic rings. The molecule has 58 valence electrons. The fourth-order valence-electron chi connectivity index (χ4n) is 0.509. The predicted octanol–water partition coefficient (Wildman–Crippen LogP) is 0.881. The third-order valence-corrected chi connectivity index (χ3v) is 1.05. The Morgan fingerprint density at radius 3 is 2.36 bits per heavy atom. The second-order valence-electron chi connectivity index (χ2n) is 1.60. The van der Waals surface area contributed by atoms with Crippen molar-refractivity contribution in [2.75, 3.05) is 0 Å². The highest BCUT2D eigenvalue weighted by Gasteiger charge is 2.42. The summed E-state index contributed by atoms with van der Waals surface area (Å²) >= 11 is 0. The van der Waals surface area contributed by atoms with Crippen LogP contribution in [0.25, 0.3) is 0 Å². The van der Waals surface area contributed by atoms with Gasteiger partial charge in [-0.1, -0.05) is 5.16 Å². The standard InChI is InChI=1S/C2H4N8O/c3-7-2(8-4)1-6-11-10(2)9-5/h1,3-5H. The third kappa shape index (κ3) is 0.818. The molecule has 0 aliphatic carbocycles. The molecule has 0 bridgehead atoms. The van der Waals surface area contributed by atoms with Gasteiger partial charge in [-0.15, -0.1) is 10.2 Å². The van der Waals surface area contributed by atoms with Crippen LogP contribution in [-0.2, 0) is 4.94 Å². The summed E-state index contributed by atoms with van der Waals surface area (Å²) in [5, 5.41) is 12.3. The summed E-state index contributed by atoms with van der Waals surface area (Å²) in [5.41, 5.74) is 19.8. The van der Waals surface area contributed by atoms with Gasteiger partial charge in [-0.05, 0) is 10.4 Å². The van der Waals surface area contributed by atoms with Gasteiger partial charge < -0.3 is 0 Å². The van der Waals surface area contributed by atoms with Crippen molar-refractivity contribution in [2.24, 2.45) is 20.6 Å². The third-order valence-electron chi connectivity index (χ3n) is 1.05. The smallest absolute Gasteiger partial charge is 0.244 e. The van der Waals surface area contributed by atoms with Gasteiger partial charge in [-0.2, -0.15) is 5.53 Å². The maximum atomic E-state index is 6.64. The van der Waals surface area contributed by atoms with E-state index in [0.29, 0.717) is 5.17 Å². The molecule has 1 heterocycles. The van der Waals surface area contributed by atoms with Gasteiger partial charge >= 0.3 is 5.79 Å². The highest BCUT2D eigenvalue weighted by atomic mass is 16.8. The molecule has 0 aromatic carbocycles. The van der Waals surface area contributed by atoms with Crippen LogP contribution in [0.15, 0.2) is 20.6 Å². The van der Waals surface area contributed by atoms with Crippen molar-refractivity contribution in [1.29, 1.82) is 16.6 Å². The summed E-state index contributed by atoms with van der Waals surface area (Å²) in [5.74, 6) is -1.71. The Labute approximate surface area is 60.5 Å². The molecule has 1 rings (SSSR count). The van der Waals surface area contributed by atoms with E-state index in [-0.39, 0.29) is 0 Å². The second kappa shape index (κ2) is 2.36. The lowest BCUT2D eigenvalue weighted by Crippen LogP contribution is -2.37. The van der Waals surface area contributed by atoms with Crippen LogP contribution in [0.4, 0.5) is 0 Å². The van der Waals surface area contributed by atoms with Crippen LogP contribution >= 0.6 is 0 Å². The van der Waals surface area contributed by atoms with Gasteiger partial charge in [0.2, 0.25) is 0 Å². The Bertz CT molecular complexity index is 212. The first-order valence-electron chi connectivity index (χ1n) is 2.45. The van der Waals surface area contributed by atoms with Gasteiger partial charge in [-0.3, -0.25) is 0 Å². The Kier molecular flexibility index (Phi) is 1.54. The zero-order chi connectivity index (χ0) is 8.32. The molecule has 0 spiro atoms. The number of nitrogens with zero attached hydrogens (tertiary/aromatic N) is 5. The number of hydroxylamine groups is 1. The molecule has 9 heteroatoms. The van der Waals surface area contributed by atoms with E-state index < -0.39 is 5.79 Å². The first-order chi connectivity index (χ1) is 5.29. The largest absolute Gasteiger partial charge is 0.355 e. The van der Waals surface area contributed by atoms with E-state index in [1.807, 2.05) is 0 Å². The van der Waals surface area contributed by atoms with Crippen LogP contribution in [0.2, 0.25) is 0 Å². The molecule has 1 aliphatic heterocycles. The minimum atomic E-state index is -1.71. The van der Waals surface area contributed by atoms with Crippen LogP contribution in [0, 0.1) is 16.6 Å². The number of nitrogens with one attached hydrogen (secondary N) is 3. The summed E-state index contributed by atoms with van der Waals surface area (Å²) in [6.45, 7) is 0. The molecule has 9 nitrogen and oxygen atoms in total. The first-order valence-corrected chi connectivity index (χ1v) is 2.45. The number of hydrogen-bond donors (Lipinski definition) is 3. The van der Waals surface area contributed by atoms with Gasteiger partial charge in [-0.25, -0.2) is 16.0 Å². The molecule has 0 saturated heterocycles. The monoisotopic (exact) mass is 156 g/mol. The lowest BCUT2D eigenvalue weighted by atomic mass is 10.4. The minimum absolute atomic E-state index is 0.521. The summed E-state index contributed by atoms with van der Waals surface area (Å²) in [6, 6.07) is 0. The van der Waals surface area contributed by atoms with Crippen molar-refractivity contribution < 1.29 is 4.94 Å². The molecule has 0 fully saturated rings. The van der Waals surface area contributed by atoms with Crippen LogP contribution in [0.5, 0.6) is 0 Å². The molecule has 1 aliphatic rings. The van der Waals surface area contributed by atoms with Gasteiger partial charge in [0.25, 0.3) is 0 Å². The van der Waals surface area contributed by atoms with Gasteiger partial charge in [0.05, 0.1) is 0 Å². The lowest BCUT2D eigenvalue weighted by Gasteiger charge is -2.16. The lowest BCUT2D eigenvalue weighted by molar-refractivity contribution is -0.190. The van der Waals surface area contributed by atoms with E-state index in [2.05, 4.69) is 25.5 Å². The maximum absolute atomic E-state index is 6.64. The van der Waals surface area contributed by atoms with Crippen molar-refractivity contribution in [3.63, 3.8) is 0 Å². The van der Waals surface area contributed by atoms with Crippen molar-refractivity contribution in [3.8, 4) is 0 Å². The Morgan fingerprint density at radius 1 is 1.36 bits per heavy atom. The highest BCUT2D eigenvalue weighted by molar-refractivity contribution is 5.69. The number of rotatable bonds is 3. The topological polar surface area (TPSA) is 133 Å². The zero-order valence-electron chi connectivity index (χ0n) is 5.22. The average Bonchev–Trinajstić information content (AvgIpc) is 2.47. The second-order valence-corrected chi connectivity index (χ2v) is 1.60. The molecule has 0 atom stereocenters. The highest BCUT2D eigenvalue weighted by Crippen LogP contribution is 2.22. The van der Waals surface area contributed by atoms with Gasteiger partial charge in [0.15, 0.2) is 0 Å². The van der Waals surface area contributed by atoms with Crippen molar-refractivity contribution in [1.82, 2.24) is 5.17 Å². The Morgan fingerprint density at radius 2 is 2.00 bits per heavy atom. The molecule has 11 heavy (non-hydrogen) atoms. The van der Waals surface area contributed by atoms with Gasteiger partial charge in [0.1, 0.15) is 6.21 Å². The fraction of sp³-hybridized carbons (Fsp3) is 0.500. The van der Waals surface area contributed by atoms with Crippen LogP contribution < -0.4 is 0 Å². The number of oxime groups is 1. The van der Waals surface area contributed by atoms with E-state index >= 15 is 0 Å². The van der Waals surface area contributed by atoms with Crippen LogP contribution in [-0.4, -0.2) is 17.2 Å². The van der Waals surface area contributed by atoms with Crippen molar-refractivity contribution in [2.45, 2.75) is 5.79 Å². The molecule has 0 radical (unpaired) electrons. The normalized spacial score (nSPS) is 27.8. The molecule has 0 aromatic heterocycles. The Balaban J connectivity index is 2.96. The van der Waals surface area contributed by atoms with Crippen molar-refractivity contribution >= 4 is 6.21 Å². The molecule has 0 unspecified atom stereocenters. The quantitative estimate of drug-likeness (QED) is 0.523. The molecule has 0 amide bonds. The molecular weight excluding hydrogens is 152 g/mol. The molecule has 3 N–H and O–H groups in total. The first kappa shape index (κ1) is 7.18. The van der Waals surface area contributed by atoms with E-state index in [0.717, 1.165) is 6.21 Å². The summed E-state index contributed by atoms with van der Waals surface area (Å²) in [7, 11) is 0. The maximum Gasteiger partial charge on any atom is 0.355 e. The Hall–Kier alpha value is -1.93. The summed E-state index contributed by atoms with van der Waals surface area (Å²) in [6.07, 6.45) is 0.991. The van der Waals surface area contributed by atoms with Crippen LogP contribution in [0.3, 0.4) is 0 Å². The van der Waals surface area contributed by atoms with E-state index in [9.17, 15) is 0 Å². The molecular formula is C2H4N8O. The zero-order valence-corrected chi connectivity index (χ0v) is 5.22. The van der Waals surface area contributed by atoms with E-state index in [4.69, 9.17) is 16.6 Å². The minimum Gasteiger partial charge on any atom is -0.244 e. The van der Waals surface area contributed by atoms with Crippen molar-refractivity contribution in [3.05, 3.63) is 0 Å². The van der Waals surface area contributed by atoms with E-state index in [1.165, 1.54) is 0 Å². The summed E-state index contributed by atoms with van der Waals surface area (Å²) in [4.78, 5) is 4.32. The van der Waals surface area contributed by atoms with Crippen LogP contribution in [0.1, 0.15) is 0 Å². The predicted molar refractivity (Wildman–Crippen MR) is 29.6 cm³/mol. The fourth-order valence-corrected chi connectivity index (χ4v) is 0.509. The van der Waals surface area contributed by atoms with E-state index in [1.54, 1.807) is 0 Å². The van der Waals surface area contributed by atoms with Gasteiger partial charge in [0, 0.05) is 0 Å².